The highest BCUT2D eigenvalue weighted by Crippen LogP contribution is 2.67. The van der Waals surface area contributed by atoms with Crippen LogP contribution in [-0.4, -0.2) is 22.9 Å². The number of aliphatic hydroxyl groups excluding tert-OH is 2. The van der Waals surface area contributed by atoms with E-state index >= 15 is 0 Å². The van der Waals surface area contributed by atoms with Crippen molar-refractivity contribution < 1.29 is 10.2 Å². The van der Waals surface area contributed by atoms with Gasteiger partial charge in [-0.15, -0.1) is 0 Å². The van der Waals surface area contributed by atoms with E-state index in [1.807, 2.05) is 18.2 Å². The smallest absolute Gasteiger partial charge is 0.0854 e. The van der Waals surface area contributed by atoms with E-state index in [9.17, 15) is 10.2 Å². The van der Waals surface area contributed by atoms with Crippen LogP contribution in [0.3, 0.4) is 0 Å². The highest BCUT2D eigenvalue weighted by molar-refractivity contribution is 5.77. The molecule has 2 N–H and O–H groups in total. The Hall–Kier alpha value is -1.12. The van der Waals surface area contributed by atoms with E-state index in [-0.39, 0.29) is 17.9 Å². The first-order valence-corrected chi connectivity index (χ1v) is 7.87. The van der Waals surface area contributed by atoms with Gasteiger partial charge in [0.15, 0.2) is 0 Å². The van der Waals surface area contributed by atoms with Crippen LogP contribution in [0.4, 0.5) is 0 Å². The van der Waals surface area contributed by atoms with Crippen LogP contribution in [0.2, 0.25) is 0 Å². The summed E-state index contributed by atoms with van der Waals surface area (Å²) in [6, 6.07) is 10.3. The Morgan fingerprint density at radius 2 is 1.95 bits per heavy atom. The number of hydrogen-bond acceptors (Lipinski definition) is 2. The fraction of sp³-hybridized carbons (Fsp3) is 0.556. The minimum absolute atomic E-state index is 0.0164. The second-order valence-corrected chi connectivity index (χ2v) is 6.66. The van der Waals surface area contributed by atoms with E-state index in [0.717, 1.165) is 24.0 Å². The van der Waals surface area contributed by atoms with Crippen LogP contribution in [0.15, 0.2) is 35.9 Å². The molecule has 4 rings (SSSR count). The van der Waals surface area contributed by atoms with Gasteiger partial charge >= 0.3 is 0 Å². The maximum Gasteiger partial charge on any atom is 0.0854 e. The maximum atomic E-state index is 10.8. The molecule has 2 saturated carbocycles. The van der Waals surface area contributed by atoms with Gasteiger partial charge in [-0.1, -0.05) is 42.3 Å². The summed E-state index contributed by atoms with van der Waals surface area (Å²) in [7, 11) is 0. The van der Waals surface area contributed by atoms with Gasteiger partial charge in [0.05, 0.1) is 6.10 Å². The van der Waals surface area contributed by atoms with E-state index in [1.165, 1.54) is 24.8 Å². The number of allylic oxidation sites excluding steroid dienone is 1. The molecule has 2 fully saturated rings. The van der Waals surface area contributed by atoms with Gasteiger partial charge in [-0.25, -0.2) is 0 Å². The molecule has 3 aliphatic carbocycles. The van der Waals surface area contributed by atoms with E-state index in [0.29, 0.717) is 5.92 Å². The third-order valence-electron chi connectivity index (χ3n) is 6.12. The topological polar surface area (TPSA) is 40.5 Å². The number of benzene rings is 1. The average Bonchev–Trinajstić information content (AvgIpc) is 3.07. The monoisotopic (exact) mass is 270 g/mol. The Balaban J connectivity index is 1.90. The van der Waals surface area contributed by atoms with Crippen molar-refractivity contribution in [3.63, 3.8) is 0 Å². The molecule has 4 atom stereocenters. The summed E-state index contributed by atoms with van der Waals surface area (Å²) in [5, 5.41) is 20.7. The van der Waals surface area contributed by atoms with Crippen LogP contribution >= 0.6 is 0 Å². The van der Waals surface area contributed by atoms with Crippen LogP contribution in [0.25, 0.3) is 5.57 Å². The summed E-state index contributed by atoms with van der Waals surface area (Å²) in [5.41, 5.74) is 3.86. The van der Waals surface area contributed by atoms with Crippen LogP contribution in [0, 0.1) is 17.3 Å². The van der Waals surface area contributed by atoms with Gasteiger partial charge in [0.1, 0.15) is 0 Å². The van der Waals surface area contributed by atoms with E-state index in [1.54, 1.807) is 0 Å². The van der Waals surface area contributed by atoms with Crippen molar-refractivity contribution in [2.24, 2.45) is 17.3 Å². The van der Waals surface area contributed by atoms with Gasteiger partial charge < -0.3 is 10.2 Å². The molecule has 0 saturated heterocycles. The molecule has 2 heteroatoms. The second-order valence-electron chi connectivity index (χ2n) is 6.66. The van der Waals surface area contributed by atoms with Crippen molar-refractivity contribution in [3.8, 4) is 0 Å². The van der Waals surface area contributed by atoms with Crippen molar-refractivity contribution in [1.29, 1.82) is 0 Å². The maximum absolute atomic E-state index is 10.8. The minimum atomic E-state index is -0.488. The van der Waals surface area contributed by atoms with Crippen molar-refractivity contribution >= 4 is 5.57 Å². The fourth-order valence-electron chi connectivity index (χ4n) is 5.44. The fourth-order valence-corrected chi connectivity index (χ4v) is 5.44. The molecule has 0 aromatic heterocycles. The summed E-state index contributed by atoms with van der Waals surface area (Å²) >= 11 is 0. The van der Waals surface area contributed by atoms with Crippen molar-refractivity contribution in [1.82, 2.24) is 0 Å². The molecule has 1 aromatic rings. The van der Waals surface area contributed by atoms with Gasteiger partial charge in [0, 0.05) is 17.9 Å². The lowest BCUT2D eigenvalue weighted by Crippen LogP contribution is -2.36. The molecule has 0 amide bonds. The Bertz CT molecular complexity index is 548. The first-order valence-electron chi connectivity index (χ1n) is 7.87. The summed E-state index contributed by atoms with van der Waals surface area (Å²) in [4.78, 5) is 0. The lowest BCUT2D eigenvalue weighted by atomic mass is 9.70. The van der Waals surface area contributed by atoms with Crippen LogP contribution < -0.4 is 0 Å². The molecule has 0 radical (unpaired) electrons. The molecule has 2 nitrogen and oxygen atoms in total. The van der Waals surface area contributed by atoms with Crippen molar-refractivity contribution in [2.45, 2.75) is 38.2 Å². The van der Waals surface area contributed by atoms with Crippen molar-refractivity contribution in [2.75, 3.05) is 6.61 Å². The standard InChI is InChI=1S/C18H22O2/c19-11-15-17(20)16(12-5-2-1-3-6-12)14-9-8-13-7-4-10-18(13,14)15/h1-3,5-6,13,15,17,19-20H,4,7-11H2/t13-,15+,17-,18+/m0/s1. The first-order chi connectivity index (χ1) is 9.79. The van der Waals surface area contributed by atoms with E-state index in [2.05, 4.69) is 12.1 Å². The summed E-state index contributed by atoms with van der Waals surface area (Å²) in [5.74, 6) is 0.702. The Labute approximate surface area is 120 Å². The predicted molar refractivity (Wildman–Crippen MR) is 79.0 cm³/mol. The molecule has 20 heavy (non-hydrogen) atoms. The second kappa shape index (κ2) is 4.44. The molecule has 0 aliphatic heterocycles. The predicted octanol–water partition coefficient (Wildman–Crippen LogP) is 3.00. The SMILES string of the molecule is OC[C@@H]1[C@H](O)C(c2ccccc2)=C2CC[C@@H]3CCC[C@]231. The van der Waals surface area contributed by atoms with Gasteiger partial charge in [-0.2, -0.15) is 0 Å². The summed E-state index contributed by atoms with van der Waals surface area (Å²) in [6.07, 6.45) is 5.55. The molecule has 0 heterocycles. The number of aliphatic hydroxyl groups is 2. The normalized spacial score (nSPS) is 39.2. The molecule has 0 bridgehead atoms. The highest BCUT2D eigenvalue weighted by atomic mass is 16.3. The molecular weight excluding hydrogens is 248 g/mol. The molecule has 3 aliphatic rings. The summed E-state index contributed by atoms with van der Waals surface area (Å²) in [6.45, 7) is 0.109. The van der Waals surface area contributed by atoms with Gasteiger partial charge in [-0.05, 0) is 42.7 Å². The quantitative estimate of drug-likeness (QED) is 0.867. The third-order valence-corrected chi connectivity index (χ3v) is 6.12. The lowest BCUT2D eigenvalue weighted by Gasteiger charge is -2.35. The van der Waals surface area contributed by atoms with Gasteiger partial charge in [0.2, 0.25) is 0 Å². The largest absolute Gasteiger partial charge is 0.396 e. The molecular formula is C18H22O2. The molecule has 0 unspecified atom stereocenters. The van der Waals surface area contributed by atoms with Crippen LogP contribution in [-0.2, 0) is 0 Å². The lowest BCUT2D eigenvalue weighted by molar-refractivity contribution is 0.0328. The zero-order valence-corrected chi connectivity index (χ0v) is 11.8. The Kier molecular flexibility index (Phi) is 2.80. The van der Waals surface area contributed by atoms with Crippen LogP contribution in [0.5, 0.6) is 0 Å². The third kappa shape index (κ3) is 1.41. The Morgan fingerprint density at radius 3 is 2.70 bits per heavy atom. The zero-order valence-electron chi connectivity index (χ0n) is 11.8. The average molecular weight is 270 g/mol. The van der Waals surface area contributed by atoms with Crippen LogP contribution in [0.1, 0.15) is 37.7 Å². The van der Waals surface area contributed by atoms with Gasteiger partial charge in [0.25, 0.3) is 0 Å². The molecule has 1 spiro atoms. The van der Waals surface area contributed by atoms with Gasteiger partial charge in [-0.3, -0.25) is 0 Å². The molecule has 1 aromatic carbocycles. The number of rotatable bonds is 2. The highest BCUT2D eigenvalue weighted by Gasteiger charge is 2.60. The Morgan fingerprint density at radius 1 is 1.15 bits per heavy atom. The molecule has 106 valence electrons. The minimum Gasteiger partial charge on any atom is -0.396 e. The van der Waals surface area contributed by atoms with E-state index in [4.69, 9.17) is 0 Å². The summed E-state index contributed by atoms with van der Waals surface area (Å²) < 4.78 is 0. The zero-order chi connectivity index (χ0) is 13.7. The van der Waals surface area contributed by atoms with Crippen molar-refractivity contribution in [3.05, 3.63) is 41.5 Å². The first kappa shape index (κ1) is 12.6. The van der Waals surface area contributed by atoms with E-state index < -0.39 is 6.10 Å². The number of hydrogen-bond donors (Lipinski definition) is 2.